The van der Waals surface area contributed by atoms with Gasteiger partial charge in [0.1, 0.15) is 5.82 Å². The van der Waals surface area contributed by atoms with Crippen molar-refractivity contribution in [1.29, 1.82) is 0 Å². The first-order valence-corrected chi connectivity index (χ1v) is 11.1. The number of nitrogens with one attached hydrogen (secondary N) is 3. The number of fused-ring (bicyclic) bond motifs is 1. The third kappa shape index (κ3) is 4.37. The highest BCUT2D eigenvalue weighted by atomic mass is 19.4. The molecule has 0 bridgehead atoms. The summed E-state index contributed by atoms with van der Waals surface area (Å²) in [5.74, 6) is -1.59. The zero-order valence-corrected chi connectivity index (χ0v) is 19.0. The molecule has 0 spiro atoms. The molecule has 36 heavy (non-hydrogen) atoms. The van der Waals surface area contributed by atoms with Crippen molar-refractivity contribution in [1.82, 2.24) is 15.0 Å². The van der Waals surface area contributed by atoms with Crippen LogP contribution in [0.15, 0.2) is 45.7 Å². The van der Waals surface area contributed by atoms with E-state index in [2.05, 4.69) is 25.6 Å². The third-order valence-corrected chi connectivity index (χ3v) is 6.21. The fourth-order valence-corrected chi connectivity index (χ4v) is 4.28. The Bertz CT molecular complexity index is 1540. The number of oxazole rings is 1. The Morgan fingerprint density at radius 3 is 2.64 bits per heavy atom. The fraction of sp³-hybridized carbons (Fsp3) is 0.250. The summed E-state index contributed by atoms with van der Waals surface area (Å²) in [6, 6.07) is 7.46. The number of rotatable bonds is 6. The van der Waals surface area contributed by atoms with Gasteiger partial charge in [0, 0.05) is 23.1 Å². The van der Waals surface area contributed by atoms with E-state index in [1.54, 1.807) is 25.1 Å². The van der Waals surface area contributed by atoms with Crippen LogP contribution in [0.25, 0.3) is 11.1 Å². The molecule has 186 valence electrons. The van der Waals surface area contributed by atoms with Gasteiger partial charge in [0.2, 0.25) is 11.9 Å². The second-order valence-electron chi connectivity index (χ2n) is 8.64. The van der Waals surface area contributed by atoms with Gasteiger partial charge in [0.25, 0.3) is 0 Å². The quantitative estimate of drug-likeness (QED) is 0.290. The number of anilines is 4. The molecule has 0 atom stereocenters. The van der Waals surface area contributed by atoms with Gasteiger partial charge >= 0.3 is 11.9 Å². The van der Waals surface area contributed by atoms with Crippen LogP contribution in [-0.2, 0) is 6.18 Å². The Morgan fingerprint density at radius 2 is 1.97 bits per heavy atom. The number of primary amides is 1. The van der Waals surface area contributed by atoms with Gasteiger partial charge in [-0.05, 0) is 61.6 Å². The molecule has 0 aliphatic heterocycles. The Morgan fingerprint density at radius 1 is 1.19 bits per heavy atom. The van der Waals surface area contributed by atoms with E-state index >= 15 is 0 Å². The number of amides is 1. The zero-order chi connectivity index (χ0) is 25.6. The van der Waals surface area contributed by atoms with Crippen molar-refractivity contribution >= 4 is 40.1 Å². The molecule has 0 radical (unpaired) electrons. The number of halogens is 3. The Balaban J connectivity index is 1.51. The first-order chi connectivity index (χ1) is 17.1. The maximum Gasteiger partial charge on any atom is 0.417 e. The van der Waals surface area contributed by atoms with Crippen LogP contribution in [0.2, 0.25) is 0 Å². The van der Waals surface area contributed by atoms with Crippen molar-refractivity contribution in [2.24, 2.45) is 5.73 Å². The van der Waals surface area contributed by atoms with Gasteiger partial charge in [-0.2, -0.15) is 18.2 Å². The van der Waals surface area contributed by atoms with Crippen LogP contribution in [0.1, 0.15) is 52.2 Å². The van der Waals surface area contributed by atoms with E-state index in [9.17, 15) is 22.8 Å². The molecule has 1 amide bonds. The average Bonchev–Trinajstić information content (AvgIpc) is 3.14. The van der Waals surface area contributed by atoms with Gasteiger partial charge < -0.3 is 20.8 Å². The molecule has 0 unspecified atom stereocenters. The van der Waals surface area contributed by atoms with Crippen molar-refractivity contribution in [3.63, 3.8) is 0 Å². The Kier molecular flexibility index (Phi) is 5.65. The first-order valence-electron chi connectivity index (χ1n) is 11.1. The zero-order valence-electron chi connectivity index (χ0n) is 19.0. The summed E-state index contributed by atoms with van der Waals surface area (Å²) in [7, 11) is 0. The van der Waals surface area contributed by atoms with E-state index in [0.29, 0.717) is 41.0 Å². The van der Waals surface area contributed by atoms with E-state index in [1.807, 2.05) is 0 Å². The van der Waals surface area contributed by atoms with Crippen LogP contribution >= 0.6 is 0 Å². The molecule has 9 nitrogen and oxygen atoms in total. The highest BCUT2D eigenvalue weighted by molar-refractivity contribution is 5.96. The van der Waals surface area contributed by atoms with Gasteiger partial charge in [0.15, 0.2) is 5.58 Å². The van der Waals surface area contributed by atoms with E-state index in [4.69, 9.17) is 10.2 Å². The lowest BCUT2D eigenvalue weighted by Gasteiger charge is -2.31. The minimum Gasteiger partial charge on any atom is -0.408 e. The number of hydrogen-bond donors (Lipinski definition) is 4. The summed E-state index contributed by atoms with van der Waals surface area (Å²) in [4.78, 5) is 34.4. The molecular formula is C24H21F3N6O3. The van der Waals surface area contributed by atoms with Gasteiger partial charge in [0.05, 0.1) is 16.6 Å². The average molecular weight is 498 g/mol. The van der Waals surface area contributed by atoms with E-state index < -0.39 is 29.0 Å². The second-order valence-corrected chi connectivity index (χ2v) is 8.64. The summed E-state index contributed by atoms with van der Waals surface area (Å²) in [6.07, 6.45) is -1.30. The molecule has 4 aromatic rings. The predicted molar refractivity (Wildman–Crippen MR) is 127 cm³/mol. The Labute approximate surface area is 201 Å². The van der Waals surface area contributed by atoms with E-state index in [-0.39, 0.29) is 23.1 Å². The number of benzene rings is 2. The maximum atomic E-state index is 14.1. The summed E-state index contributed by atoms with van der Waals surface area (Å²) in [6.45, 7) is 1.77. The molecule has 2 aromatic heterocycles. The number of carbonyl (C=O) groups excluding carboxylic acids is 1. The molecule has 2 heterocycles. The van der Waals surface area contributed by atoms with Gasteiger partial charge in [-0.1, -0.05) is 6.42 Å². The number of carbonyl (C=O) groups is 1. The highest BCUT2D eigenvalue weighted by Gasteiger charge is 2.41. The molecule has 1 saturated carbocycles. The molecular weight excluding hydrogens is 477 g/mol. The van der Waals surface area contributed by atoms with Crippen LogP contribution in [0, 0.1) is 6.92 Å². The summed E-state index contributed by atoms with van der Waals surface area (Å²) >= 11 is 0. The van der Waals surface area contributed by atoms with Crippen LogP contribution in [-0.4, -0.2) is 20.9 Å². The van der Waals surface area contributed by atoms with Crippen molar-refractivity contribution in [3.8, 4) is 0 Å². The third-order valence-electron chi connectivity index (χ3n) is 6.21. The van der Waals surface area contributed by atoms with Crippen LogP contribution < -0.4 is 22.1 Å². The molecule has 5 rings (SSSR count). The highest BCUT2D eigenvalue weighted by Crippen LogP contribution is 2.48. The topological polar surface area (TPSA) is 139 Å². The summed E-state index contributed by atoms with van der Waals surface area (Å²) < 4.78 is 47.2. The van der Waals surface area contributed by atoms with Crippen molar-refractivity contribution < 1.29 is 22.4 Å². The first kappa shape index (κ1) is 23.4. The van der Waals surface area contributed by atoms with E-state index in [1.165, 1.54) is 12.3 Å². The van der Waals surface area contributed by atoms with Crippen LogP contribution in [0.5, 0.6) is 0 Å². The second kappa shape index (κ2) is 8.70. The fourth-order valence-electron chi connectivity index (χ4n) is 4.28. The SMILES string of the molecule is Cc1cnc(Nc2ccc(C(N)=O)c(C(F)(F)F)c2C2CCC2)nc1Nc1ccc2oc(=O)[nH]c2c1. The summed E-state index contributed by atoms with van der Waals surface area (Å²) in [5.41, 5.74) is 6.04. The molecule has 1 aliphatic rings. The number of nitrogens with zero attached hydrogens (tertiary/aromatic N) is 2. The van der Waals surface area contributed by atoms with Gasteiger partial charge in [-0.3, -0.25) is 9.78 Å². The normalized spacial score (nSPS) is 14.0. The number of alkyl halides is 3. The van der Waals surface area contributed by atoms with Crippen molar-refractivity contribution in [2.75, 3.05) is 10.6 Å². The molecule has 12 heteroatoms. The number of aryl methyl sites for hydroxylation is 1. The lowest BCUT2D eigenvalue weighted by Crippen LogP contribution is -2.24. The number of aromatic nitrogens is 3. The molecule has 1 fully saturated rings. The van der Waals surface area contributed by atoms with Crippen LogP contribution in [0.3, 0.4) is 0 Å². The number of H-pyrrole nitrogens is 1. The van der Waals surface area contributed by atoms with Gasteiger partial charge in [-0.25, -0.2) is 9.78 Å². The smallest absolute Gasteiger partial charge is 0.408 e. The van der Waals surface area contributed by atoms with Gasteiger partial charge in [-0.15, -0.1) is 0 Å². The molecule has 5 N–H and O–H groups in total. The standard InChI is InChI=1S/C24H21F3N6O3/c1-11-10-29-22(33-21(11)30-13-5-8-17-16(9-13)32-23(35)36-17)31-15-7-6-14(20(28)34)19(24(25,26)27)18(15)12-3-2-4-12/h5-10,12H,2-4H2,1H3,(H2,28,34)(H,32,35)(H2,29,30,31,33). The number of aromatic amines is 1. The predicted octanol–water partition coefficient (Wildman–Crippen LogP) is 5.09. The monoisotopic (exact) mass is 498 g/mol. The molecule has 1 aliphatic carbocycles. The lowest BCUT2D eigenvalue weighted by atomic mass is 9.76. The minimum absolute atomic E-state index is 0.00176. The largest absolute Gasteiger partial charge is 0.417 e. The van der Waals surface area contributed by atoms with E-state index in [0.717, 1.165) is 12.5 Å². The molecule has 2 aromatic carbocycles. The van der Waals surface area contributed by atoms with Crippen molar-refractivity contribution in [2.45, 2.75) is 38.3 Å². The lowest BCUT2D eigenvalue weighted by molar-refractivity contribution is -0.138. The minimum atomic E-state index is -4.76. The number of nitrogens with two attached hydrogens (primary N) is 1. The van der Waals surface area contributed by atoms with Crippen LogP contribution in [0.4, 0.5) is 36.3 Å². The van der Waals surface area contributed by atoms with Crippen molar-refractivity contribution in [3.05, 3.63) is 69.3 Å². The molecule has 0 saturated heterocycles. The number of hydrogen-bond acceptors (Lipinski definition) is 7. The Hall–Kier alpha value is -4.35. The maximum absolute atomic E-state index is 14.1. The summed E-state index contributed by atoms with van der Waals surface area (Å²) in [5, 5.41) is 6.03.